The van der Waals surface area contributed by atoms with Gasteiger partial charge in [-0.15, -0.1) is 0 Å². The summed E-state index contributed by atoms with van der Waals surface area (Å²) >= 11 is 0. The normalized spacial score (nSPS) is 28.6. The van der Waals surface area contributed by atoms with E-state index in [0.29, 0.717) is 25.4 Å². The van der Waals surface area contributed by atoms with E-state index < -0.39 is 0 Å². The van der Waals surface area contributed by atoms with Crippen LogP contribution in [-0.2, 0) is 18.9 Å². The van der Waals surface area contributed by atoms with Crippen molar-refractivity contribution in [2.45, 2.75) is 51.2 Å². The first-order valence-electron chi connectivity index (χ1n) is 7.81. The van der Waals surface area contributed by atoms with Crippen LogP contribution in [0, 0.1) is 5.41 Å². The molecule has 1 saturated carbocycles. The van der Waals surface area contributed by atoms with E-state index in [1.807, 2.05) is 0 Å². The quantitative estimate of drug-likeness (QED) is 0.482. The van der Waals surface area contributed by atoms with Crippen molar-refractivity contribution in [3.63, 3.8) is 0 Å². The average Bonchev–Trinajstić information content (AvgIpc) is 2.43. The van der Waals surface area contributed by atoms with Crippen LogP contribution in [0.15, 0.2) is 12.8 Å². The van der Waals surface area contributed by atoms with Crippen LogP contribution < -0.4 is 0 Å². The number of ether oxygens (including phenoxy) is 4. The molecule has 1 aliphatic carbocycles. The lowest BCUT2D eigenvalue weighted by atomic mass is 9.84. The fraction of sp³-hybridized carbons (Fsp3) is 0.875. The third-order valence-electron chi connectivity index (χ3n) is 4.47. The molecule has 1 saturated heterocycles. The van der Waals surface area contributed by atoms with Crippen molar-refractivity contribution in [2.24, 2.45) is 5.41 Å². The van der Waals surface area contributed by atoms with Gasteiger partial charge in [-0.3, -0.25) is 0 Å². The molecule has 0 amide bonds. The second-order valence-electron chi connectivity index (χ2n) is 5.97. The van der Waals surface area contributed by atoms with Crippen LogP contribution >= 0.6 is 0 Å². The van der Waals surface area contributed by atoms with Gasteiger partial charge in [-0.25, -0.2) is 0 Å². The minimum atomic E-state index is 0.278. The number of hydrogen-bond acceptors (Lipinski definition) is 4. The molecule has 2 aliphatic rings. The summed E-state index contributed by atoms with van der Waals surface area (Å²) in [4.78, 5) is 0. The summed E-state index contributed by atoms with van der Waals surface area (Å²) in [6.07, 6.45) is 7.66. The van der Waals surface area contributed by atoms with Gasteiger partial charge in [0.25, 0.3) is 0 Å². The standard InChI is InChI=1S/C16H28O4/c1-3-16(12-18-13-16)11-17-9-10-20-15-7-5-14(6-8-15)19-4-2/h4,14-15H,2-3,5-13H2,1H3. The summed E-state index contributed by atoms with van der Waals surface area (Å²) in [5.41, 5.74) is 0.278. The van der Waals surface area contributed by atoms with E-state index in [2.05, 4.69) is 13.5 Å². The minimum absolute atomic E-state index is 0.278. The van der Waals surface area contributed by atoms with Crippen molar-refractivity contribution in [1.82, 2.24) is 0 Å². The van der Waals surface area contributed by atoms with Gasteiger partial charge < -0.3 is 18.9 Å². The molecule has 0 radical (unpaired) electrons. The number of rotatable bonds is 9. The molecule has 0 bridgehead atoms. The monoisotopic (exact) mass is 284 g/mol. The Kier molecular flexibility index (Phi) is 6.33. The maximum Gasteiger partial charge on any atom is 0.0980 e. The molecular weight excluding hydrogens is 256 g/mol. The van der Waals surface area contributed by atoms with Gasteiger partial charge in [0.15, 0.2) is 0 Å². The van der Waals surface area contributed by atoms with Crippen molar-refractivity contribution in [3.8, 4) is 0 Å². The molecule has 0 aromatic carbocycles. The van der Waals surface area contributed by atoms with Gasteiger partial charge in [0.2, 0.25) is 0 Å². The van der Waals surface area contributed by atoms with Gasteiger partial charge in [0, 0.05) is 5.41 Å². The van der Waals surface area contributed by atoms with E-state index in [1.54, 1.807) is 6.26 Å². The molecule has 0 N–H and O–H groups in total. The van der Waals surface area contributed by atoms with Crippen molar-refractivity contribution in [2.75, 3.05) is 33.0 Å². The maximum absolute atomic E-state index is 5.87. The summed E-state index contributed by atoms with van der Waals surface area (Å²) in [7, 11) is 0. The van der Waals surface area contributed by atoms with Gasteiger partial charge in [-0.1, -0.05) is 13.5 Å². The largest absolute Gasteiger partial charge is 0.499 e. The molecule has 0 spiro atoms. The summed E-state index contributed by atoms with van der Waals surface area (Å²) in [5, 5.41) is 0. The van der Waals surface area contributed by atoms with Gasteiger partial charge >= 0.3 is 0 Å². The van der Waals surface area contributed by atoms with Crippen LogP contribution in [-0.4, -0.2) is 45.2 Å². The zero-order chi connectivity index (χ0) is 14.3. The Morgan fingerprint density at radius 1 is 1.15 bits per heavy atom. The van der Waals surface area contributed by atoms with Crippen molar-refractivity contribution in [1.29, 1.82) is 0 Å². The van der Waals surface area contributed by atoms with Gasteiger partial charge in [0.1, 0.15) is 0 Å². The summed E-state index contributed by atoms with van der Waals surface area (Å²) < 4.78 is 22.3. The second kappa shape index (κ2) is 8.01. The Hall–Kier alpha value is -0.580. The van der Waals surface area contributed by atoms with Crippen molar-refractivity contribution in [3.05, 3.63) is 12.8 Å². The van der Waals surface area contributed by atoms with Crippen LogP contribution in [0.3, 0.4) is 0 Å². The fourth-order valence-corrected chi connectivity index (χ4v) is 2.81. The second-order valence-corrected chi connectivity index (χ2v) is 5.97. The highest BCUT2D eigenvalue weighted by Gasteiger charge is 2.36. The highest BCUT2D eigenvalue weighted by molar-refractivity contribution is 4.83. The van der Waals surface area contributed by atoms with Crippen LogP contribution in [0.4, 0.5) is 0 Å². The Bertz CT molecular complexity index is 275. The zero-order valence-corrected chi connectivity index (χ0v) is 12.6. The van der Waals surface area contributed by atoms with Crippen LogP contribution in [0.1, 0.15) is 39.0 Å². The topological polar surface area (TPSA) is 36.9 Å². The highest BCUT2D eigenvalue weighted by Crippen LogP contribution is 2.31. The highest BCUT2D eigenvalue weighted by atomic mass is 16.5. The molecule has 0 aromatic rings. The summed E-state index contributed by atoms with van der Waals surface area (Å²) in [5.74, 6) is 0. The molecule has 1 heterocycles. The molecule has 0 unspecified atom stereocenters. The van der Waals surface area contributed by atoms with E-state index in [0.717, 1.165) is 51.9 Å². The Labute approximate surface area is 122 Å². The molecule has 0 atom stereocenters. The SMILES string of the molecule is C=COC1CCC(OCCOCC2(CC)COC2)CC1. The van der Waals surface area contributed by atoms with E-state index >= 15 is 0 Å². The lowest BCUT2D eigenvalue weighted by molar-refractivity contribution is -0.154. The third kappa shape index (κ3) is 4.47. The molecule has 4 heteroatoms. The molecule has 1 aliphatic heterocycles. The molecule has 2 fully saturated rings. The molecule has 0 aromatic heterocycles. The Morgan fingerprint density at radius 2 is 1.85 bits per heavy atom. The first-order chi connectivity index (χ1) is 9.78. The molecule has 20 heavy (non-hydrogen) atoms. The average molecular weight is 284 g/mol. The first kappa shape index (κ1) is 15.8. The van der Waals surface area contributed by atoms with Gasteiger partial charge in [-0.05, 0) is 32.1 Å². The summed E-state index contributed by atoms with van der Waals surface area (Å²) in [6.45, 7) is 9.67. The van der Waals surface area contributed by atoms with E-state index in [-0.39, 0.29) is 5.41 Å². The van der Waals surface area contributed by atoms with Crippen LogP contribution in [0.25, 0.3) is 0 Å². The predicted octanol–water partition coefficient (Wildman–Crippen LogP) is 2.92. The summed E-state index contributed by atoms with van der Waals surface area (Å²) in [6, 6.07) is 0. The Morgan fingerprint density at radius 3 is 2.40 bits per heavy atom. The maximum atomic E-state index is 5.87. The van der Waals surface area contributed by atoms with Crippen LogP contribution in [0.5, 0.6) is 0 Å². The lowest BCUT2D eigenvalue weighted by Gasteiger charge is -2.40. The fourth-order valence-electron chi connectivity index (χ4n) is 2.81. The van der Waals surface area contributed by atoms with E-state index in [4.69, 9.17) is 18.9 Å². The molecule has 2 rings (SSSR count). The van der Waals surface area contributed by atoms with Crippen molar-refractivity contribution >= 4 is 0 Å². The molecule has 116 valence electrons. The van der Waals surface area contributed by atoms with Crippen molar-refractivity contribution < 1.29 is 18.9 Å². The zero-order valence-electron chi connectivity index (χ0n) is 12.6. The smallest absolute Gasteiger partial charge is 0.0980 e. The minimum Gasteiger partial charge on any atom is -0.499 e. The molecule has 4 nitrogen and oxygen atoms in total. The van der Waals surface area contributed by atoms with Gasteiger partial charge in [-0.2, -0.15) is 0 Å². The predicted molar refractivity (Wildman–Crippen MR) is 77.6 cm³/mol. The van der Waals surface area contributed by atoms with E-state index in [1.165, 1.54) is 0 Å². The van der Waals surface area contributed by atoms with Crippen LogP contribution in [0.2, 0.25) is 0 Å². The Balaban J connectivity index is 1.48. The first-order valence-corrected chi connectivity index (χ1v) is 7.81. The van der Waals surface area contributed by atoms with Gasteiger partial charge in [0.05, 0.1) is 51.5 Å². The number of hydrogen-bond donors (Lipinski definition) is 0. The molecular formula is C16H28O4. The lowest BCUT2D eigenvalue weighted by Crippen LogP contribution is -2.45. The third-order valence-corrected chi connectivity index (χ3v) is 4.47. The van der Waals surface area contributed by atoms with E-state index in [9.17, 15) is 0 Å².